The highest BCUT2D eigenvalue weighted by molar-refractivity contribution is 6.30. The SMILES string of the molecule is Cc1nc(N2CCN(C(=O)Cc3ccc(Cl)cc3)CC2)cc(-n2ccnc2)n1. The minimum absolute atomic E-state index is 0.139. The molecule has 0 atom stereocenters. The highest BCUT2D eigenvalue weighted by atomic mass is 35.5. The molecule has 2 aromatic heterocycles. The zero-order chi connectivity index (χ0) is 19.5. The summed E-state index contributed by atoms with van der Waals surface area (Å²) in [6, 6.07) is 9.39. The average Bonchev–Trinajstić information content (AvgIpc) is 3.24. The van der Waals surface area contributed by atoms with Gasteiger partial charge in [0.2, 0.25) is 5.91 Å². The van der Waals surface area contributed by atoms with Crippen LogP contribution in [0.4, 0.5) is 5.82 Å². The predicted molar refractivity (Wildman–Crippen MR) is 108 cm³/mol. The van der Waals surface area contributed by atoms with Crippen molar-refractivity contribution in [1.29, 1.82) is 0 Å². The van der Waals surface area contributed by atoms with E-state index in [1.807, 2.05) is 52.9 Å². The fourth-order valence-corrected chi connectivity index (χ4v) is 3.43. The van der Waals surface area contributed by atoms with Crippen LogP contribution in [0.3, 0.4) is 0 Å². The van der Waals surface area contributed by atoms with Crippen molar-refractivity contribution in [2.45, 2.75) is 13.3 Å². The summed E-state index contributed by atoms with van der Waals surface area (Å²) < 4.78 is 1.87. The summed E-state index contributed by atoms with van der Waals surface area (Å²) in [5, 5.41) is 0.681. The van der Waals surface area contributed by atoms with Gasteiger partial charge in [0.15, 0.2) is 0 Å². The summed E-state index contributed by atoms with van der Waals surface area (Å²) in [7, 11) is 0. The Hall–Kier alpha value is -2.93. The van der Waals surface area contributed by atoms with Crippen LogP contribution in [0, 0.1) is 6.92 Å². The lowest BCUT2D eigenvalue weighted by Gasteiger charge is -2.35. The molecule has 8 heteroatoms. The van der Waals surface area contributed by atoms with Gasteiger partial charge in [0, 0.05) is 49.7 Å². The van der Waals surface area contributed by atoms with Gasteiger partial charge in [-0.05, 0) is 24.6 Å². The van der Waals surface area contributed by atoms with Crippen LogP contribution in [0.25, 0.3) is 5.82 Å². The molecule has 0 unspecified atom stereocenters. The number of piperazine rings is 1. The fourth-order valence-electron chi connectivity index (χ4n) is 3.30. The van der Waals surface area contributed by atoms with Gasteiger partial charge in [-0.25, -0.2) is 15.0 Å². The van der Waals surface area contributed by atoms with Crippen LogP contribution in [0.15, 0.2) is 49.1 Å². The lowest BCUT2D eigenvalue weighted by atomic mass is 10.1. The molecule has 1 aliphatic rings. The molecule has 3 heterocycles. The molecule has 1 amide bonds. The second-order valence-electron chi connectivity index (χ2n) is 6.77. The van der Waals surface area contributed by atoms with Gasteiger partial charge in [0.1, 0.15) is 23.8 Å². The van der Waals surface area contributed by atoms with Crippen LogP contribution in [-0.2, 0) is 11.2 Å². The van der Waals surface area contributed by atoms with Gasteiger partial charge in [0.25, 0.3) is 0 Å². The van der Waals surface area contributed by atoms with Crippen molar-refractivity contribution in [3.8, 4) is 5.82 Å². The number of rotatable bonds is 4. The first kappa shape index (κ1) is 18.4. The predicted octanol–water partition coefficient (Wildman–Crippen LogP) is 2.52. The van der Waals surface area contributed by atoms with Gasteiger partial charge in [-0.15, -0.1) is 0 Å². The maximum Gasteiger partial charge on any atom is 0.227 e. The van der Waals surface area contributed by atoms with Crippen LogP contribution in [0.5, 0.6) is 0 Å². The molecule has 28 heavy (non-hydrogen) atoms. The number of aryl methyl sites for hydroxylation is 1. The number of anilines is 1. The van der Waals surface area contributed by atoms with Crippen molar-refractivity contribution in [2.24, 2.45) is 0 Å². The summed E-state index contributed by atoms with van der Waals surface area (Å²) in [5.41, 5.74) is 0.980. The van der Waals surface area contributed by atoms with Gasteiger partial charge in [-0.1, -0.05) is 23.7 Å². The van der Waals surface area contributed by atoms with Gasteiger partial charge >= 0.3 is 0 Å². The summed E-state index contributed by atoms with van der Waals surface area (Å²) >= 11 is 5.91. The molecule has 1 aromatic carbocycles. The standard InChI is InChI=1S/C20H21ClN6O/c1-15-23-18(13-19(24-15)27-7-6-22-14-27)25-8-10-26(11-9-25)20(28)12-16-2-4-17(21)5-3-16/h2-7,13-14H,8-12H2,1H3. The topological polar surface area (TPSA) is 67.2 Å². The second kappa shape index (κ2) is 7.98. The molecule has 7 nitrogen and oxygen atoms in total. The minimum Gasteiger partial charge on any atom is -0.353 e. The number of amides is 1. The van der Waals surface area contributed by atoms with Crippen molar-refractivity contribution in [2.75, 3.05) is 31.1 Å². The Morgan fingerprint density at radius 1 is 1.07 bits per heavy atom. The molecular formula is C20H21ClN6O. The summed E-state index contributed by atoms with van der Waals surface area (Å²) in [6.07, 6.45) is 5.70. The average molecular weight is 397 g/mol. The van der Waals surface area contributed by atoms with Crippen LogP contribution in [-0.4, -0.2) is 56.5 Å². The highest BCUT2D eigenvalue weighted by Gasteiger charge is 2.22. The number of carbonyl (C=O) groups is 1. The largest absolute Gasteiger partial charge is 0.353 e. The Morgan fingerprint density at radius 2 is 1.79 bits per heavy atom. The molecule has 0 aliphatic carbocycles. The van der Waals surface area contributed by atoms with E-state index in [0.29, 0.717) is 30.4 Å². The number of nitrogens with zero attached hydrogens (tertiary/aromatic N) is 6. The third-order valence-electron chi connectivity index (χ3n) is 4.80. The molecule has 0 spiro atoms. The van der Waals surface area contributed by atoms with Gasteiger partial charge in [-0.3, -0.25) is 9.36 Å². The molecule has 0 saturated carbocycles. The molecule has 144 valence electrons. The van der Waals surface area contributed by atoms with E-state index in [-0.39, 0.29) is 5.91 Å². The number of carbonyl (C=O) groups excluding carboxylic acids is 1. The summed E-state index contributed by atoms with van der Waals surface area (Å²) in [6.45, 7) is 4.72. The van der Waals surface area contributed by atoms with Crippen LogP contribution < -0.4 is 4.90 Å². The summed E-state index contributed by atoms with van der Waals surface area (Å²) in [5.74, 6) is 2.52. The molecular weight excluding hydrogens is 376 g/mol. The molecule has 0 bridgehead atoms. The highest BCUT2D eigenvalue weighted by Crippen LogP contribution is 2.18. The monoisotopic (exact) mass is 396 g/mol. The van der Waals surface area contributed by atoms with Crippen LogP contribution >= 0.6 is 11.6 Å². The van der Waals surface area contributed by atoms with E-state index in [1.165, 1.54) is 0 Å². The Morgan fingerprint density at radius 3 is 2.46 bits per heavy atom. The maximum atomic E-state index is 12.6. The first-order valence-electron chi connectivity index (χ1n) is 9.20. The van der Waals surface area contributed by atoms with Gasteiger partial charge in [0.05, 0.1) is 6.42 Å². The van der Waals surface area contributed by atoms with Crippen molar-refractivity contribution >= 4 is 23.3 Å². The number of hydrogen-bond donors (Lipinski definition) is 0. The smallest absolute Gasteiger partial charge is 0.227 e. The van der Waals surface area contributed by atoms with E-state index >= 15 is 0 Å². The number of aromatic nitrogens is 4. The molecule has 0 radical (unpaired) electrons. The van der Waals surface area contributed by atoms with Crippen LogP contribution in [0.2, 0.25) is 5.02 Å². The van der Waals surface area contributed by atoms with Crippen LogP contribution in [0.1, 0.15) is 11.4 Å². The van der Waals surface area contributed by atoms with E-state index in [1.54, 1.807) is 12.5 Å². The first-order valence-corrected chi connectivity index (χ1v) is 9.57. The molecule has 4 rings (SSSR count). The fraction of sp³-hybridized carbons (Fsp3) is 0.300. The molecule has 1 aliphatic heterocycles. The van der Waals surface area contributed by atoms with E-state index in [4.69, 9.17) is 11.6 Å². The molecule has 3 aromatic rings. The lowest BCUT2D eigenvalue weighted by Crippen LogP contribution is -2.49. The number of halogens is 1. The zero-order valence-corrected chi connectivity index (χ0v) is 16.4. The van der Waals surface area contributed by atoms with E-state index in [9.17, 15) is 4.79 Å². The van der Waals surface area contributed by atoms with Crippen molar-refractivity contribution in [3.05, 3.63) is 65.5 Å². The van der Waals surface area contributed by atoms with E-state index < -0.39 is 0 Å². The quantitative estimate of drug-likeness (QED) is 0.677. The Kier molecular flexibility index (Phi) is 5.25. The van der Waals surface area contributed by atoms with Gasteiger partial charge in [-0.2, -0.15) is 0 Å². The number of benzene rings is 1. The van der Waals surface area contributed by atoms with E-state index in [0.717, 1.165) is 30.3 Å². The Labute approximate surface area is 168 Å². The minimum atomic E-state index is 0.139. The van der Waals surface area contributed by atoms with Crippen molar-refractivity contribution in [3.63, 3.8) is 0 Å². The van der Waals surface area contributed by atoms with Crippen molar-refractivity contribution < 1.29 is 4.79 Å². The lowest BCUT2D eigenvalue weighted by molar-refractivity contribution is -0.130. The number of hydrogen-bond acceptors (Lipinski definition) is 5. The Bertz CT molecular complexity index is 949. The third kappa shape index (κ3) is 4.14. The van der Waals surface area contributed by atoms with Crippen molar-refractivity contribution in [1.82, 2.24) is 24.4 Å². The maximum absolute atomic E-state index is 12.6. The normalized spacial score (nSPS) is 14.4. The number of imidazole rings is 1. The first-order chi connectivity index (χ1) is 13.6. The third-order valence-corrected chi connectivity index (χ3v) is 5.06. The molecule has 0 N–H and O–H groups in total. The second-order valence-corrected chi connectivity index (χ2v) is 7.21. The zero-order valence-electron chi connectivity index (χ0n) is 15.6. The summed E-state index contributed by atoms with van der Waals surface area (Å²) in [4.78, 5) is 29.8. The van der Waals surface area contributed by atoms with E-state index in [2.05, 4.69) is 19.9 Å². The Balaban J connectivity index is 1.40. The molecule has 1 saturated heterocycles. The van der Waals surface area contributed by atoms with Gasteiger partial charge < -0.3 is 9.80 Å². The molecule has 1 fully saturated rings.